The van der Waals surface area contributed by atoms with Gasteiger partial charge in [0.1, 0.15) is 0 Å². The van der Waals surface area contributed by atoms with Gasteiger partial charge in [0.25, 0.3) is 0 Å². The van der Waals surface area contributed by atoms with Gasteiger partial charge in [-0.25, -0.2) is 0 Å². The molecule has 0 fully saturated rings. The van der Waals surface area contributed by atoms with Crippen LogP contribution in [0, 0.1) is 0 Å². The van der Waals surface area contributed by atoms with Crippen molar-refractivity contribution in [2.75, 3.05) is 0 Å². The Morgan fingerprint density at radius 3 is 2.69 bits per heavy atom. The third-order valence-corrected chi connectivity index (χ3v) is 2.57. The van der Waals surface area contributed by atoms with E-state index >= 15 is 0 Å². The van der Waals surface area contributed by atoms with Crippen LogP contribution >= 0.6 is 0 Å². The lowest BCUT2D eigenvalue weighted by Gasteiger charge is -2.14. The van der Waals surface area contributed by atoms with Gasteiger partial charge < -0.3 is 5.32 Å². The molecular formula is C14H15NO. The molecule has 16 heavy (non-hydrogen) atoms. The summed E-state index contributed by atoms with van der Waals surface area (Å²) in [6.07, 6.45) is 6.14. The standard InChI is InChI=1S/C14H15NO/c1-11(16)15-14-9-5-8-13(10-14)12-6-3-2-4-7-12/h2-4,6-7,9-10H,5,8H2,1H3,(H,15,16). The minimum atomic E-state index is -0.0168. The molecule has 0 saturated heterocycles. The van der Waals surface area contributed by atoms with Gasteiger partial charge in [-0.3, -0.25) is 4.79 Å². The number of hydrogen-bond donors (Lipinski definition) is 1. The number of amides is 1. The molecule has 2 nitrogen and oxygen atoms in total. The first-order chi connectivity index (χ1) is 7.75. The average molecular weight is 213 g/mol. The molecule has 0 saturated carbocycles. The summed E-state index contributed by atoms with van der Waals surface area (Å²) in [5.41, 5.74) is 3.43. The molecule has 1 aromatic carbocycles. The molecule has 2 rings (SSSR count). The fraction of sp³-hybridized carbons (Fsp3) is 0.214. The van der Waals surface area contributed by atoms with Crippen molar-refractivity contribution in [2.24, 2.45) is 0 Å². The monoisotopic (exact) mass is 213 g/mol. The molecule has 0 radical (unpaired) electrons. The maximum atomic E-state index is 11.0. The zero-order valence-corrected chi connectivity index (χ0v) is 9.36. The van der Waals surface area contributed by atoms with Crippen molar-refractivity contribution in [3.05, 3.63) is 53.7 Å². The molecular weight excluding hydrogens is 198 g/mol. The molecule has 0 unspecified atom stereocenters. The molecule has 0 bridgehead atoms. The Labute approximate surface area is 95.7 Å². The Bertz CT molecular complexity index is 443. The molecule has 1 amide bonds. The van der Waals surface area contributed by atoms with Crippen LogP contribution < -0.4 is 5.32 Å². The van der Waals surface area contributed by atoms with Crippen LogP contribution in [-0.4, -0.2) is 5.91 Å². The summed E-state index contributed by atoms with van der Waals surface area (Å²) < 4.78 is 0. The molecule has 1 aliphatic rings. The number of rotatable bonds is 2. The lowest BCUT2D eigenvalue weighted by atomic mass is 9.96. The predicted octanol–water partition coefficient (Wildman–Crippen LogP) is 2.88. The van der Waals surface area contributed by atoms with Crippen LogP contribution in [0.15, 0.2) is 48.2 Å². The van der Waals surface area contributed by atoms with Gasteiger partial charge >= 0.3 is 0 Å². The quantitative estimate of drug-likeness (QED) is 0.804. The zero-order chi connectivity index (χ0) is 11.4. The molecule has 1 N–H and O–H groups in total. The Morgan fingerprint density at radius 1 is 1.25 bits per heavy atom. The molecule has 1 aromatic rings. The second-order valence-electron chi connectivity index (χ2n) is 3.91. The highest BCUT2D eigenvalue weighted by Crippen LogP contribution is 2.25. The average Bonchev–Trinajstić information content (AvgIpc) is 2.30. The third-order valence-electron chi connectivity index (χ3n) is 2.57. The highest BCUT2D eigenvalue weighted by atomic mass is 16.1. The topological polar surface area (TPSA) is 29.1 Å². The van der Waals surface area contributed by atoms with Crippen LogP contribution in [0.3, 0.4) is 0 Å². The summed E-state index contributed by atoms with van der Waals surface area (Å²) in [6, 6.07) is 10.3. The van der Waals surface area contributed by atoms with Crippen LogP contribution in [-0.2, 0) is 4.79 Å². The molecule has 0 atom stereocenters. The van der Waals surface area contributed by atoms with Crippen molar-refractivity contribution in [3.8, 4) is 0 Å². The maximum absolute atomic E-state index is 11.0. The van der Waals surface area contributed by atoms with Crippen LogP contribution in [0.5, 0.6) is 0 Å². The number of carbonyl (C=O) groups is 1. The Kier molecular flexibility index (Phi) is 3.20. The SMILES string of the molecule is CC(=O)NC1=CCCC(c2ccccc2)=C1. The van der Waals surface area contributed by atoms with E-state index in [0.717, 1.165) is 18.5 Å². The number of allylic oxidation sites excluding steroid dienone is 3. The van der Waals surface area contributed by atoms with E-state index in [1.807, 2.05) is 18.2 Å². The van der Waals surface area contributed by atoms with Crippen molar-refractivity contribution >= 4 is 11.5 Å². The van der Waals surface area contributed by atoms with Gasteiger partial charge in [-0.15, -0.1) is 0 Å². The van der Waals surface area contributed by atoms with Crippen molar-refractivity contribution in [3.63, 3.8) is 0 Å². The molecule has 82 valence electrons. The summed E-state index contributed by atoms with van der Waals surface area (Å²) in [7, 11) is 0. The van der Waals surface area contributed by atoms with Crippen molar-refractivity contribution in [2.45, 2.75) is 19.8 Å². The van der Waals surface area contributed by atoms with E-state index < -0.39 is 0 Å². The first-order valence-corrected chi connectivity index (χ1v) is 5.49. The third kappa shape index (κ3) is 2.60. The van der Waals surface area contributed by atoms with E-state index in [0.29, 0.717) is 0 Å². The molecule has 0 aromatic heterocycles. The van der Waals surface area contributed by atoms with Gasteiger partial charge in [-0.2, -0.15) is 0 Å². The lowest BCUT2D eigenvalue weighted by molar-refractivity contribution is -0.118. The van der Waals surface area contributed by atoms with Crippen molar-refractivity contribution in [1.29, 1.82) is 0 Å². The molecule has 0 spiro atoms. The van der Waals surface area contributed by atoms with Gasteiger partial charge in [0, 0.05) is 12.6 Å². The summed E-state index contributed by atoms with van der Waals surface area (Å²) in [5.74, 6) is -0.0168. The highest BCUT2D eigenvalue weighted by Gasteiger charge is 2.07. The molecule has 1 aliphatic carbocycles. The number of hydrogen-bond acceptors (Lipinski definition) is 1. The van der Waals surface area contributed by atoms with Crippen LogP contribution in [0.2, 0.25) is 0 Å². The fourth-order valence-electron chi connectivity index (χ4n) is 1.87. The van der Waals surface area contributed by atoms with E-state index in [2.05, 4.69) is 29.6 Å². The van der Waals surface area contributed by atoms with Gasteiger partial charge in [-0.05, 0) is 30.1 Å². The Balaban J connectivity index is 2.21. The van der Waals surface area contributed by atoms with Gasteiger partial charge in [-0.1, -0.05) is 36.4 Å². The largest absolute Gasteiger partial charge is 0.327 e. The minimum absolute atomic E-state index is 0.0168. The van der Waals surface area contributed by atoms with Gasteiger partial charge in [0.05, 0.1) is 0 Å². The minimum Gasteiger partial charge on any atom is -0.327 e. The Morgan fingerprint density at radius 2 is 2.00 bits per heavy atom. The maximum Gasteiger partial charge on any atom is 0.221 e. The molecule has 2 heteroatoms. The van der Waals surface area contributed by atoms with E-state index in [9.17, 15) is 4.79 Å². The fourth-order valence-corrected chi connectivity index (χ4v) is 1.87. The first kappa shape index (κ1) is 10.7. The van der Waals surface area contributed by atoms with Crippen LogP contribution in [0.1, 0.15) is 25.3 Å². The molecule has 0 heterocycles. The number of benzene rings is 1. The van der Waals surface area contributed by atoms with Crippen molar-refractivity contribution in [1.82, 2.24) is 5.32 Å². The normalized spacial score (nSPS) is 15.1. The van der Waals surface area contributed by atoms with Crippen molar-refractivity contribution < 1.29 is 4.79 Å². The van der Waals surface area contributed by atoms with Crippen LogP contribution in [0.25, 0.3) is 5.57 Å². The van der Waals surface area contributed by atoms with E-state index in [-0.39, 0.29) is 5.91 Å². The number of nitrogens with one attached hydrogen (secondary N) is 1. The second-order valence-corrected chi connectivity index (χ2v) is 3.91. The smallest absolute Gasteiger partial charge is 0.221 e. The second kappa shape index (κ2) is 4.79. The lowest BCUT2D eigenvalue weighted by Crippen LogP contribution is -2.19. The summed E-state index contributed by atoms with van der Waals surface area (Å²) in [4.78, 5) is 11.0. The summed E-state index contributed by atoms with van der Waals surface area (Å²) in [5, 5.41) is 2.83. The number of carbonyl (C=O) groups excluding carboxylic acids is 1. The summed E-state index contributed by atoms with van der Waals surface area (Å²) in [6.45, 7) is 1.53. The highest BCUT2D eigenvalue weighted by molar-refractivity contribution is 5.78. The zero-order valence-electron chi connectivity index (χ0n) is 9.36. The van der Waals surface area contributed by atoms with Gasteiger partial charge in [0.15, 0.2) is 0 Å². The van der Waals surface area contributed by atoms with E-state index in [4.69, 9.17) is 0 Å². The van der Waals surface area contributed by atoms with E-state index in [1.165, 1.54) is 18.1 Å². The van der Waals surface area contributed by atoms with E-state index in [1.54, 1.807) is 0 Å². The first-order valence-electron chi connectivity index (χ1n) is 5.49. The molecule has 0 aliphatic heterocycles. The van der Waals surface area contributed by atoms with Gasteiger partial charge in [0.2, 0.25) is 5.91 Å². The Hall–Kier alpha value is -1.83. The summed E-state index contributed by atoms with van der Waals surface area (Å²) >= 11 is 0. The van der Waals surface area contributed by atoms with Crippen LogP contribution in [0.4, 0.5) is 0 Å². The predicted molar refractivity (Wildman–Crippen MR) is 65.6 cm³/mol.